The van der Waals surface area contributed by atoms with Crippen LogP contribution in [0.15, 0.2) is 36.4 Å². The Hall–Kier alpha value is -2.63. The minimum atomic E-state index is -0.0643. The number of aromatic nitrogens is 2. The lowest BCUT2D eigenvalue weighted by molar-refractivity contribution is 0.0729. The van der Waals surface area contributed by atoms with E-state index in [1.54, 1.807) is 25.3 Å². The zero-order valence-electron chi connectivity index (χ0n) is 12.4. The molecular formula is C16H18N4O2. The van der Waals surface area contributed by atoms with Crippen molar-refractivity contribution < 1.29 is 9.53 Å². The molecule has 114 valence electrons. The van der Waals surface area contributed by atoms with E-state index in [1.807, 2.05) is 23.1 Å². The van der Waals surface area contributed by atoms with Crippen molar-refractivity contribution in [2.75, 3.05) is 19.4 Å². The van der Waals surface area contributed by atoms with Crippen molar-refractivity contribution in [2.24, 2.45) is 0 Å². The summed E-state index contributed by atoms with van der Waals surface area (Å²) in [6.07, 6.45) is 1.82. The minimum Gasteiger partial charge on any atom is -0.496 e. The molecular weight excluding hydrogens is 280 g/mol. The Bertz CT molecular complexity index is 672. The summed E-state index contributed by atoms with van der Waals surface area (Å²) in [4.78, 5) is 14.7. The maximum atomic E-state index is 12.9. The zero-order valence-corrected chi connectivity index (χ0v) is 12.4. The van der Waals surface area contributed by atoms with Crippen LogP contribution in [0.3, 0.4) is 0 Å². The van der Waals surface area contributed by atoms with Crippen molar-refractivity contribution in [1.82, 2.24) is 15.1 Å². The van der Waals surface area contributed by atoms with Crippen LogP contribution in [0, 0.1) is 0 Å². The Labute approximate surface area is 128 Å². The van der Waals surface area contributed by atoms with Crippen LogP contribution in [0.25, 0.3) is 0 Å². The molecule has 1 amide bonds. The van der Waals surface area contributed by atoms with Gasteiger partial charge in [-0.2, -0.15) is 5.10 Å². The second-order valence-corrected chi connectivity index (χ2v) is 5.24. The topological polar surface area (TPSA) is 81.3 Å². The summed E-state index contributed by atoms with van der Waals surface area (Å²) in [5.41, 5.74) is 6.92. The Kier molecular flexibility index (Phi) is 3.91. The van der Waals surface area contributed by atoms with Crippen molar-refractivity contribution in [1.29, 1.82) is 0 Å². The van der Waals surface area contributed by atoms with Gasteiger partial charge < -0.3 is 15.4 Å². The van der Waals surface area contributed by atoms with Crippen LogP contribution in [-0.4, -0.2) is 34.7 Å². The first-order valence-electron chi connectivity index (χ1n) is 7.24. The largest absolute Gasteiger partial charge is 0.496 e. The highest BCUT2D eigenvalue weighted by molar-refractivity contribution is 5.97. The van der Waals surface area contributed by atoms with Gasteiger partial charge in [-0.25, -0.2) is 0 Å². The number of rotatable bonds is 3. The molecule has 2 aromatic rings. The van der Waals surface area contributed by atoms with E-state index in [0.717, 1.165) is 18.5 Å². The molecule has 3 rings (SSSR count). The summed E-state index contributed by atoms with van der Waals surface area (Å²) in [5.74, 6) is 0.921. The van der Waals surface area contributed by atoms with Gasteiger partial charge in [0.2, 0.25) is 0 Å². The molecule has 1 aromatic heterocycles. The molecule has 0 aliphatic carbocycles. The van der Waals surface area contributed by atoms with Crippen LogP contribution in [-0.2, 0) is 0 Å². The van der Waals surface area contributed by atoms with E-state index in [-0.39, 0.29) is 11.9 Å². The summed E-state index contributed by atoms with van der Waals surface area (Å²) in [7, 11) is 1.57. The third kappa shape index (κ3) is 2.59. The Morgan fingerprint density at radius 1 is 1.27 bits per heavy atom. The van der Waals surface area contributed by atoms with E-state index in [2.05, 4.69) is 10.2 Å². The van der Waals surface area contributed by atoms with Crippen molar-refractivity contribution >= 4 is 11.7 Å². The molecule has 0 saturated carbocycles. The number of benzene rings is 1. The number of nitrogens with two attached hydrogens (primary N) is 1. The lowest BCUT2D eigenvalue weighted by Crippen LogP contribution is -2.31. The van der Waals surface area contributed by atoms with Gasteiger partial charge in [-0.3, -0.25) is 4.79 Å². The quantitative estimate of drug-likeness (QED) is 0.937. The number of nitrogens with zero attached hydrogens (tertiary/aromatic N) is 3. The predicted octanol–water partition coefficient (Wildman–Crippen LogP) is 2.04. The van der Waals surface area contributed by atoms with Crippen LogP contribution in [0.4, 0.5) is 5.82 Å². The Balaban J connectivity index is 1.89. The van der Waals surface area contributed by atoms with Gasteiger partial charge in [0.25, 0.3) is 5.91 Å². The van der Waals surface area contributed by atoms with Crippen molar-refractivity contribution in [3.8, 4) is 5.75 Å². The van der Waals surface area contributed by atoms with Gasteiger partial charge >= 0.3 is 0 Å². The molecule has 0 bridgehead atoms. The highest BCUT2D eigenvalue weighted by Gasteiger charge is 2.32. The number of nitrogen functional groups attached to an aromatic ring is 1. The molecule has 0 radical (unpaired) electrons. The maximum Gasteiger partial charge on any atom is 0.258 e. The smallest absolute Gasteiger partial charge is 0.258 e. The van der Waals surface area contributed by atoms with E-state index >= 15 is 0 Å². The Morgan fingerprint density at radius 3 is 2.82 bits per heavy atom. The highest BCUT2D eigenvalue weighted by Crippen LogP contribution is 2.33. The first-order chi connectivity index (χ1) is 10.7. The second kappa shape index (κ2) is 6.01. The SMILES string of the molecule is COc1ccccc1C(=O)N1CCCC1c1ccc(N)nn1. The molecule has 1 unspecified atom stereocenters. The molecule has 1 atom stereocenters. The molecule has 6 nitrogen and oxygen atoms in total. The van der Waals surface area contributed by atoms with Crippen LogP contribution < -0.4 is 10.5 Å². The monoisotopic (exact) mass is 298 g/mol. The van der Waals surface area contributed by atoms with Crippen LogP contribution in [0.5, 0.6) is 5.75 Å². The number of carbonyl (C=O) groups is 1. The molecule has 1 fully saturated rings. The van der Waals surface area contributed by atoms with Crippen LogP contribution in [0.2, 0.25) is 0 Å². The lowest BCUT2D eigenvalue weighted by atomic mass is 10.1. The van der Waals surface area contributed by atoms with Gasteiger partial charge in [-0.1, -0.05) is 12.1 Å². The molecule has 1 aliphatic rings. The second-order valence-electron chi connectivity index (χ2n) is 5.24. The third-order valence-corrected chi connectivity index (χ3v) is 3.90. The van der Waals surface area contributed by atoms with Gasteiger partial charge in [0.1, 0.15) is 11.6 Å². The highest BCUT2D eigenvalue weighted by atomic mass is 16.5. The van der Waals surface area contributed by atoms with Crippen molar-refractivity contribution in [3.05, 3.63) is 47.7 Å². The average Bonchev–Trinajstić information content (AvgIpc) is 3.04. The average molecular weight is 298 g/mol. The first-order valence-corrected chi connectivity index (χ1v) is 7.24. The van der Waals surface area contributed by atoms with Crippen molar-refractivity contribution in [2.45, 2.75) is 18.9 Å². The summed E-state index contributed by atoms with van der Waals surface area (Å²) in [5, 5.41) is 8.02. The van der Waals surface area contributed by atoms with Gasteiger partial charge in [-0.15, -0.1) is 5.10 Å². The fraction of sp³-hybridized carbons (Fsp3) is 0.312. The number of carbonyl (C=O) groups excluding carboxylic acids is 1. The summed E-state index contributed by atoms with van der Waals surface area (Å²) < 4.78 is 5.29. The van der Waals surface area contributed by atoms with E-state index < -0.39 is 0 Å². The maximum absolute atomic E-state index is 12.9. The van der Waals surface area contributed by atoms with E-state index in [9.17, 15) is 4.79 Å². The number of methoxy groups -OCH3 is 1. The van der Waals surface area contributed by atoms with E-state index in [4.69, 9.17) is 10.5 Å². The molecule has 1 aliphatic heterocycles. The van der Waals surface area contributed by atoms with Crippen molar-refractivity contribution in [3.63, 3.8) is 0 Å². The van der Waals surface area contributed by atoms with Crippen LogP contribution >= 0.6 is 0 Å². The van der Waals surface area contributed by atoms with Gasteiger partial charge in [0, 0.05) is 6.54 Å². The summed E-state index contributed by atoms with van der Waals surface area (Å²) >= 11 is 0. The zero-order chi connectivity index (χ0) is 15.5. The normalized spacial score (nSPS) is 17.5. The molecule has 0 spiro atoms. The van der Waals surface area contributed by atoms with E-state index in [1.165, 1.54) is 0 Å². The molecule has 22 heavy (non-hydrogen) atoms. The molecule has 2 heterocycles. The predicted molar refractivity (Wildman–Crippen MR) is 82.4 cm³/mol. The number of amides is 1. The van der Waals surface area contributed by atoms with Crippen LogP contribution in [0.1, 0.15) is 34.9 Å². The minimum absolute atomic E-state index is 0.0430. The number of hydrogen-bond donors (Lipinski definition) is 1. The summed E-state index contributed by atoms with van der Waals surface area (Å²) in [6.45, 7) is 0.702. The fourth-order valence-electron chi connectivity index (χ4n) is 2.82. The number of likely N-dealkylation sites (tertiary alicyclic amines) is 1. The molecule has 1 saturated heterocycles. The lowest BCUT2D eigenvalue weighted by Gasteiger charge is -2.24. The third-order valence-electron chi connectivity index (χ3n) is 3.90. The Morgan fingerprint density at radius 2 is 2.09 bits per heavy atom. The first kappa shape index (κ1) is 14.3. The number of anilines is 1. The summed E-state index contributed by atoms with van der Waals surface area (Å²) in [6, 6.07) is 10.7. The molecule has 2 N–H and O–H groups in total. The number of para-hydroxylation sites is 1. The molecule has 6 heteroatoms. The number of hydrogen-bond acceptors (Lipinski definition) is 5. The van der Waals surface area contributed by atoms with E-state index in [0.29, 0.717) is 23.7 Å². The standard InChI is InChI=1S/C16H18N4O2/c1-22-14-7-3-2-5-11(14)16(21)20-10-4-6-13(20)12-8-9-15(17)19-18-12/h2-3,5,7-9,13H,4,6,10H2,1H3,(H2,17,19). The van der Waals surface area contributed by atoms with Gasteiger partial charge in [0.15, 0.2) is 0 Å². The molecule has 1 aromatic carbocycles. The number of ether oxygens (including phenoxy) is 1. The fourth-order valence-corrected chi connectivity index (χ4v) is 2.82. The van der Waals surface area contributed by atoms with Gasteiger partial charge in [-0.05, 0) is 37.1 Å². The van der Waals surface area contributed by atoms with Gasteiger partial charge in [0.05, 0.1) is 24.4 Å².